The highest BCUT2D eigenvalue weighted by molar-refractivity contribution is 14.0. The van der Waals surface area contributed by atoms with Crippen molar-refractivity contribution in [3.05, 3.63) is 29.8 Å². The summed E-state index contributed by atoms with van der Waals surface area (Å²) < 4.78 is 0. The molecular weight excluding hydrogens is 489 g/mol. The van der Waals surface area contributed by atoms with Crippen LogP contribution in [0.25, 0.3) is 0 Å². The van der Waals surface area contributed by atoms with E-state index in [0.29, 0.717) is 12.5 Å². The molecule has 0 aromatic heterocycles. The van der Waals surface area contributed by atoms with Crippen LogP contribution in [0.5, 0.6) is 0 Å². The predicted octanol–water partition coefficient (Wildman–Crippen LogP) is 3.61. The highest BCUT2D eigenvalue weighted by Gasteiger charge is 2.31. The maximum Gasteiger partial charge on any atom is 0.225 e. The second-order valence-electron chi connectivity index (χ2n) is 8.51. The van der Waals surface area contributed by atoms with Gasteiger partial charge in [0, 0.05) is 51.4 Å². The zero-order valence-corrected chi connectivity index (χ0v) is 21.0. The summed E-state index contributed by atoms with van der Waals surface area (Å²) in [5, 5.41) is 6.90. The Morgan fingerprint density at radius 2 is 1.97 bits per heavy atom. The second-order valence-corrected chi connectivity index (χ2v) is 8.51. The molecule has 7 heteroatoms. The van der Waals surface area contributed by atoms with Gasteiger partial charge in [0.05, 0.1) is 6.54 Å². The highest BCUT2D eigenvalue weighted by atomic mass is 127. The van der Waals surface area contributed by atoms with Gasteiger partial charge in [-0.3, -0.25) is 4.79 Å². The Bertz CT molecular complexity index is 703. The largest absolute Gasteiger partial charge is 0.378 e. The van der Waals surface area contributed by atoms with Crippen LogP contribution in [-0.2, 0) is 11.3 Å². The Labute approximate surface area is 198 Å². The van der Waals surface area contributed by atoms with Crippen LogP contribution in [0, 0.1) is 5.92 Å². The predicted molar refractivity (Wildman–Crippen MR) is 136 cm³/mol. The van der Waals surface area contributed by atoms with Crippen LogP contribution < -0.4 is 15.5 Å². The third-order valence-corrected chi connectivity index (χ3v) is 5.99. The maximum absolute atomic E-state index is 12.8. The molecule has 2 aliphatic rings. The molecule has 6 nitrogen and oxygen atoms in total. The summed E-state index contributed by atoms with van der Waals surface area (Å²) in [5.74, 6) is 1.46. The van der Waals surface area contributed by atoms with Gasteiger partial charge in [-0.2, -0.15) is 0 Å². The van der Waals surface area contributed by atoms with Crippen molar-refractivity contribution in [1.29, 1.82) is 0 Å². The third kappa shape index (κ3) is 7.03. The van der Waals surface area contributed by atoms with Gasteiger partial charge >= 0.3 is 0 Å². The number of guanidine groups is 1. The molecule has 0 bridgehead atoms. The number of nitrogens with zero attached hydrogens (tertiary/aromatic N) is 3. The first kappa shape index (κ1) is 24.8. The second kappa shape index (κ2) is 12.4. The van der Waals surface area contributed by atoms with Crippen molar-refractivity contribution in [2.45, 2.75) is 58.0 Å². The van der Waals surface area contributed by atoms with Gasteiger partial charge in [-0.25, -0.2) is 4.99 Å². The molecule has 1 unspecified atom stereocenters. The smallest absolute Gasteiger partial charge is 0.225 e. The van der Waals surface area contributed by atoms with Crippen LogP contribution in [0.15, 0.2) is 29.3 Å². The summed E-state index contributed by atoms with van der Waals surface area (Å²) >= 11 is 0. The zero-order chi connectivity index (χ0) is 20.6. The molecule has 2 fully saturated rings. The van der Waals surface area contributed by atoms with Gasteiger partial charge in [-0.05, 0) is 43.9 Å². The van der Waals surface area contributed by atoms with E-state index in [1.54, 1.807) is 0 Å². The number of rotatable bonds is 6. The molecule has 1 saturated carbocycles. The summed E-state index contributed by atoms with van der Waals surface area (Å²) in [6.45, 7) is 5.18. The Balaban J connectivity index is 0.00000320. The molecule has 1 saturated heterocycles. The fourth-order valence-corrected chi connectivity index (χ4v) is 4.30. The molecule has 2 N–H and O–H groups in total. The fourth-order valence-electron chi connectivity index (χ4n) is 4.30. The van der Waals surface area contributed by atoms with Crippen molar-refractivity contribution in [3.63, 3.8) is 0 Å². The van der Waals surface area contributed by atoms with Gasteiger partial charge in [0.2, 0.25) is 5.91 Å². The molecule has 1 aromatic carbocycles. The monoisotopic (exact) mass is 527 g/mol. The van der Waals surface area contributed by atoms with E-state index >= 15 is 0 Å². The van der Waals surface area contributed by atoms with E-state index in [2.05, 4.69) is 65.7 Å². The molecule has 1 atom stereocenters. The number of hydrogen-bond donors (Lipinski definition) is 2. The van der Waals surface area contributed by atoms with Crippen molar-refractivity contribution in [2.75, 3.05) is 38.6 Å². The molecule has 1 amide bonds. The van der Waals surface area contributed by atoms with E-state index < -0.39 is 0 Å². The number of hydrogen-bond acceptors (Lipinski definition) is 3. The van der Waals surface area contributed by atoms with Crippen molar-refractivity contribution < 1.29 is 4.79 Å². The summed E-state index contributed by atoms with van der Waals surface area (Å²) in [6, 6.07) is 8.74. The van der Waals surface area contributed by atoms with E-state index in [1.165, 1.54) is 30.5 Å². The Morgan fingerprint density at radius 1 is 1.20 bits per heavy atom. The molecular formula is C23H38IN5O. The number of amides is 1. The number of benzene rings is 1. The highest BCUT2D eigenvalue weighted by Crippen LogP contribution is 2.26. The first-order valence-corrected chi connectivity index (χ1v) is 11.2. The maximum atomic E-state index is 12.8. The van der Waals surface area contributed by atoms with Gasteiger partial charge < -0.3 is 20.4 Å². The van der Waals surface area contributed by atoms with Crippen LogP contribution in [0.4, 0.5) is 5.69 Å². The fraction of sp³-hybridized carbons (Fsp3) is 0.652. The molecule has 0 radical (unpaired) electrons. The summed E-state index contributed by atoms with van der Waals surface area (Å²) in [4.78, 5) is 21.8. The molecule has 3 rings (SSSR count). The van der Waals surface area contributed by atoms with Crippen LogP contribution >= 0.6 is 24.0 Å². The topological polar surface area (TPSA) is 60.0 Å². The van der Waals surface area contributed by atoms with Crippen LogP contribution in [0.2, 0.25) is 0 Å². The molecule has 30 heavy (non-hydrogen) atoms. The average molecular weight is 527 g/mol. The zero-order valence-electron chi connectivity index (χ0n) is 18.7. The number of carbonyl (C=O) groups is 1. The van der Waals surface area contributed by atoms with Crippen LogP contribution in [-0.4, -0.2) is 56.5 Å². The summed E-state index contributed by atoms with van der Waals surface area (Å²) in [7, 11) is 4.10. The molecule has 1 aliphatic heterocycles. The number of aliphatic imine (C=N–C) groups is 1. The first-order valence-electron chi connectivity index (χ1n) is 11.2. The molecule has 1 heterocycles. The number of nitrogens with one attached hydrogen (secondary N) is 2. The van der Waals surface area contributed by atoms with Crippen molar-refractivity contribution >= 4 is 41.5 Å². The number of likely N-dealkylation sites (tertiary alicyclic amines) is 1. The van der Waals surface area contributed by atoms with Crippen molar-refractivity contribution in [1.82, 2.24) is 15.5 Å². The quantitative estimate of drug-likeness (QED) is 0.337. The molecule has 1 aromatic rings. The van der Waals surface area contributed by atoms with Crippen molar-refractivity contribution in [3.8, 4) is 0 Å². The van der Waals surface area contributed by atoms with Gasteiger partial charge in [-0.15, -0.1) is 24.0 Å². The average Bonchev–Trinajstić information content (AvgIpc) is 3.21. The van der Waals surface area contributed by atoms with Gasteiger partial charge in [0.1, 0.15) is 0 Å². The lowest BCUT2D eigenvalue weighted by molar-refractivity contribution is -0.135. The Morgan fingerprint density at radius 3 is 2.67 bits per heavy atom. The van der Waals surface area contributed by atoms with Crippen molar-refractivity contribution in [2.24, 2.45) is 10.9 Å². The minimum atomic E-state index is 0. The molecule has 0 spiro atoms. The van der Waals surface area contributed by atoms with Gasteiger partial charge in [0.25, 0.3) is 0 Å². The first-order chi connectivity index (χ1) is 14.1. The summed E-state index contributed by atoms with van der Waals surface area (Å²) in [6.07, 6.45) is 6.83. The van der Waals surface area contributed by atoms with E-state index in [1.807, 2.05) is 0 Å². The SMILES string of the molecule is CCNC(=NCc1cccc(N(C)C)c1)NC1CCN(C(=O)C2CCCCC2)C1.I. The summed E-state index contributed by atoms with van der Waals surface area (Å²) in [5.41, 5.74) is 2.37. The lowest BCUT2D eigenvalue weighted by atomic mass is 9.88. The standard InChI is InChI=1S/C23H37N5O.HI/c1-4-24-23(25-16-18-9-8-12-21(15-18)27(2)3)26-20-13-14-28(17-20)22(29)19-10-6-5-7-11-19;/h8-9,12,15,19-20H,4-7,10-11,13-14,16-17H2,1-3H3,(H2,24,25,26);1H. The van der Waals surface area contributed by atoms with Crippen LogP contribution in [0.3, 0.4) is 0 Å². The molecule has 1 aliphatic carbocycles. The van der Waals surface area contributed by atoms with Gasteiger partial charge in [-0.1, -0.05) is 31.4 Å². The van der Waals surface area contributed by atoms with Crippen LogP contribution in [0.1, 0.15) is 51.0 Å². The minimum absolute atomic E-state index is 0. The normalized spacial score (nSPS) is 19.9. The Hall–Kier alpha value is -1.51. The van der Waals surface area contributed by atoms with E-state index in [9.17, 15) is 4.79 Å². The van der Waals surface area contributed by atoms with E-state index in [-0.39, 0.29) is 35.9 Å². The number of carbonyl (C=O) groups excluding carboxylic acids is 1. The van der Waals surface area contributed by atoms with E-state index in [4.69, 9.17) is 4.99 Å². The third-order valence-electron chi connectivity index (χ3n) is 5.99. The number of anilines is 1. The Kier molecular flexibility index (Phi) is 10.2. The lowest BCUT2D eigenvalue weighted by Crippen LogP contribution is -2.45. The molecule has 168 valence electrons. The lowest BCUT2D eigenvalue weighted by Gasteiger charge is -2.26. The van der Waals surface area contributed by atoms with E-state index in [0.717, 1.165) is 44.9 Å². The van der Waals surface area contributed by atoms with Gasteiger partial charge in [0.15, 0.2) is 5.96 Å². The number of halogens is 1. The minimum Gasteiger partial charge on any atom is -0.378 e.